The molecule has 0 aliphatic heterocycles. The van der Waals surface area contributed by atoms with Crippen LogP contribution in [0, 0.1) is 0 Å². The van der Waals surface area contributed by atoms with Gasteiger partial charge in [0.05, 0.1) is 22.6 Å². The summed E-state index contributed by atoms with van der Waals surface area (Å²) in [5.74, 6) is 0.454. The van der Waals surface area contributed by atoms with Gasteiger partial charge in [0, 0.05) is 18.3 Å². The molecule has 0 aliphatic carbocycles. The number of hydrogen-bond donors (Lipinski definition) is 0. The van der Waals surface area contributed by atoms with Crippen molar-refractivity contribution in [2.24, 2.45) is 0 Å². The van der Waals surface area contributed by atoms with Crippen LogP contribution in [0.3, 0.4) is 0 Å². The fraction of sp³-hybridized carbons (Fsp3) is 0.111. The lowest BCUT2D eigenvalue weighted by molar-refractivity contribution is 0.863. The van der Waals surface area contributed by atoms with Crippen molar-refractivity contribution < 1.29 is 0 Å². The second-order valence-corrected chi connectivity index (χ2v) is 3.92. The highest BCUT2D eigenvalue weighted by atomic mass is 79.9. The molecular weight excluding hydrogens is 265 g/mol. The predicted octanol–water partition coefficient (Wildman–Crippen LogP) is 2.77. The maximum absolute atomic E-state index is 5.81. The molecule has 0 N–H and O–H groups in total. The van der Waals surface area contributed by atoms with E-state index in [-0.39, 0.29) is 0 Å². The molecule has 2 heterocycles. The summed E-state index contributed by atoms with van der Waals surface area (Å²) in [4.78, 5) is 4.04. The molecule has 2 aromatic heterocycles. The van der Waals surface area contributed by atoms with E-state index in [0.717, 1.165) is 15.7 Å². The second kappa shape index (κ2) is 4.11. The van der Waals surface area contributed by atoms with Crippen LogP contribution in [0.25, 0.3) is 5.69 Å². The quantitative estimate of drug-likeness (QED) is 0.787. The van der Waals surface area contributed by atoms with Crippen LogP contribution in [0.4, 0.5) is 0 Å². The Hall–Kier alpha value is -0.870. The zero-order valence-electron chi connectivity index (χ0n) is 7.19. The summed E-state index contributed by atoms with van der Waals surface area (Å²) in [5.41, 5.74) is 1.92. The van der Waals surface area contributed by atoms with Crippen LogP contribution < -0.4 is 0 Å². The van der Waals surface area contributed by atoms with Crippen LogP contribution in [-0.4, -0.2) is 14.8 Å². The monoisotopic (exact) mass is 271 g/mol. The second-order valence-electron chi connectivity index (χ2n) is 2.74. The van der Waals surface area contributed by atoms with Crippen molar-refractivity contribution in [2.75, 3.05) is 0 Å². The van der Waals surface area contributed by atoms with Gasteiger partial charge >= 0.3 is 0 Å². The number of rotatable bonds is 2. The van der Waals surface area contributed by atoms with E-state index in [1.807, 2.05) is 12.3 Å². The first-order chi connectivity index (χ1) is 6.81. The number of nitrogens with zero attached hydrogens (tertiary/aromatic N) is 3. The van der Waals surface area contributed by atoms with Crippen LogP contribution >= 0.6 is 27.5 Å². The summed E-state index contributed by atoms with van der Waals surface area (Å²) >= 11 is 9.15. The Bertz CT molecular complexity index is 441. The average molecular weight is 273 g/mol. The summed E-state index contributed by atoms with van der Waals surface area (Å²) in [6.07, 6.45) is 7.06. The Morgan fingerprint density at radius 2 is 2.29 bits per heavy atom. The highest BCUT2D eigenvalue weighted by molar-refractivity contribution is 9.10. The minimum atomic E-state index is 0.454. The molecule has 0 unspecified atom stereocenters. The molecule has 72 valence electrons. The first-order valence-electron chi connectivity index (χ1n) is 4.00. The third-order valence-electron chi connectivity index (χ3n) is 1.83. The van der Waals surface area contributed by atoms with E-state index in [1.54, 1.807) is 23.3 Å². The molecular formula is C9H7BrClN3. The van der Waals surface area contributed by atoms with Gasteiger partial charge in [-0.25, -0.2) is 4.68 Å². The molecule has 5 heteroatoms. The van der Waals surface area contributed by atoms with Crippen LogP contribution in [0.1, 0.15) is 5.56 Å². The van der Waals surface area contributed by atoms with Crippen molar-refractivity contribution in [1.29, 1.82) is 0 Å². The van der Waals surface area contributed by atoms with Gasteiger partial charge < -0.3 is 0 Å². The van der Waals surface area contributed by atoms with Gasteiger partial charge in [0.25, 0.3) is 0 Å². The van der Waals surface area contributed by atoms with Crippen molar-refractivity contribution in [3.05, 3.63) is 40.9 Å². The number of alkyl halides is 1. The highest BCUT2D eigenvalue weighted by Gasteiger charge is 2.04. The predicted molar refractivity (Wildman–Crippen MR) is 58.6 cm³/mol. The van der Waals surface area contributed by atoms with Crippen LogP contribution in [0.2, 0.25) is 0 Å². The number of halogens is 2. The Morgan fingerprint density at radius 3 is 2.93 bits per heavy atom. The molecule has 0 saturated heterocycles. The molecule has 0 aromatic carbocycles. The summed E-state index contributed by atoms with van der Waals surface area (Å²) in [6.45, 7) is 0. The van der Waals surface area contributed by atoms with Gasteiger partial charge in [0.1, 0.15) is 0 Å². The maximum Gasteiger partial charge on any atom is 0.0873 e. The molecule has 0 bridgehead atoms. The van der Waals surface area contributed by atoms with E-state index >= 15 is 0 Å². The SMILES string of the molecule is ClCc1ccncc1-n1cc(Br)cn1. The largest absolute Gasteiger partial charge is 0.262 e. The topological polar surface area (TPSA) is 30.7 Å². The summed E-state index contributed by atoms with van der Waals surface area (Å²) in [7, 11) is 0. The van der Waals surface area contributed by atoms with Gasteiger partial charge in [-0.05, 0) is 27.6 Å². The lowest BCUT2D eigenvalue weighted by Gasteiger charge is -2.04. The molecule has 0 saturated carbocycles. The molecule has 0 fully saturated rings. The fourth-order valence-corrected chi connectivity index (χ4v) is 1.68. The summed E-state index contributed by atoms with van der Waals surface area (Å²) in [5, 5.41) is 4.17. The van der Waals surface area contributed by atoms with E-state index < -0.39 is 0 Å². The lowest BCUT2D eigenvalue weighted by Crippen LogP contribution is -1.99. The molecule has 2 aromatic rings. The van der Waals surface area contributed by atoms with Crippen LogP contribution in [0.15, 0.2) is 35.3 Å². The van der Waals surface area contributed by atoms with Gasteiger partial charge in [0.2, 0.25) is 0 Å². The van der Waals surface area contributed by atoms with Crippen molar-refractivity contribution in [3.63, 3.8) is 0 Å². The van der Waals surface area contributed by atoms with Crippen molar-refractivity contribution >= 4 is 27.5 Å². The number of hydrogen-bond acceptors (Lipinski definition) is 2. The minimum Gasteiger partial charge on any atom is -0.262 e. The third-order valence-corrected chi connectivity index (χ3v) is 2.53. The summed E-state index contributed by atoms with van der Waals surface area (Å²) < 4.78 is 2.68. The Morgan fingerprint density at radius 1 is 1.43 bits per heavy atom. The zero-order chi connectivity index (χ0) is 9.97. The van der Waals surface area contributed by atoms with Gasteiger partial charge in [-0.1, -0.05) is 0 Å². The van der Waals surface area contributed by atoms with E-state index in [9.17, 15) is 0 Å². The molecule has 0 aliphatic rings. The van der Waals surface area contributed by atoms with E-state index in [4.69, 9.17) is 11.6 Å². The Balaban J connectivity index is 2.50. The lowest BCUT2D eigenvalue weighted by atomic mass is 10.2. The molecule has 0 atom stereocenters. The number of aromatic nitrogens is 3. The maximum atomic E-state index is 5.81. The first-order valence-corrected chi connectivity index (χ1v) is 5.33. The number of pyridine rings is 1. The standard InChI is InChI=1S/C9H7BrClN3/c10-8-4-13-14(6-8)9-5-12-2-1-7(9)3-11/h1-2,4-6H,3H2. The van der Waals surface area contributed by atoms with Crippen LogP contribution in [-0.2, 0) is 5.88 Å². The minimum absolute atomic E-state index is 0.454. The molecule has 14 heavy (non-hydrogen) atoms. The Kier molecular flexibility index (Phi) is 2.84. The van der Waals surface area contributed by atoms with Crippen molar-refractivity contribution in [3.8, 4) is 5.69 Å². The molecule has 3 nitrogen and oxygen atoms in total. The molecule has 0 spiro atoms. The van der Waals surface area contributed by atoms with Crippen molar-refractivity contribution in [1.82, 2.24) is 14.8 Å². The van der Waals surface area contributed by atoms with Crippen molar-refractivity contribution in [2.45, 2.75) is 5.88 Å². The van der Waals surface area contributed by atoms with E-state index in [0.29, 0.717) is 5.88 Å². The van der Waals surface area contributed by atoms with Gasteiger partial charge in [-0.2, -0.15) is 5.10 Å². The van der Waals surface area contributed by atoms with Crippen LogP contribution in [0.5, 0.6) is 0 Å². The normalized spacial score (nSPS) is 10.4. The average Bonchev–Trinajstić information content (AvgIpc) is 2.65. The zero-order valence-corrected chi connectivity index (χ0v) is 9.53. The Labute approximate surface area is 94.9 Å². The highest BCUT2D eigenvalue weighted by Crippen LogP contribution is 2.16. The first kappa shape index (κ1) is 9.68. The molecule has 2 rings (SSSR count). The fourth-order valence-electron chi connectivity index (χ4n) is 1.17. The van der Waals surface area contributed by atoms with Gasteiger partial charge in [0.15, 0.2) is 0 Å². The van der Waals surface area contributed by atoms with Gasteiger partial charge in [-0.15, -0.1) is 11.6 Å². The summed E-state index contributed by atoms with van der Waals surface area (Å²) in [6, 6.07) is 1.89. The third kappa shape index (κ3) is 1.81. The molecule has 0 radical (unpaired) electrons. The van der Waals surface area contributed by atoms with E-state index in [1.165, 1.54) is 0 Å². The smallest absolute Gasteiger partial charge is 0.0873 e. The molecule has 0 amide bonds. The van der Waals surface area contributed by atoms with Gasteiger partial charge in [-0.3, -0.25) is 4.98 Å². The van der Waals surface area contributed by atoms with E-state index in [2.05, 4.69) is 26.0 Å².